The van der Waals surface area contributed by atoms with E-state index in [-0.39, 0.29) is 5.91 Å². The van der Waals surface area contributed by atoms with Crippen molar-refractivity contribution in [3.8, 4) is 0 Å². The highest BCUT2D eigenvalue weighted by molar-refractivity contribution is 5.81. The third kappa shape index (κ3) is 3.53. The smallest absolute Gasteiger partial charge is 0.217 e. The molecule has 4 heteroatoms. The van der Waals surface area contributed by atoms with Gasteiger partial charge >= 0.3 is 0 Å². The van der Waals surface area contributed by atoms with Crippen molar-refractivity contribution in [2.45, 2.75) is 19.4 Å². The van der Waals surface area contributed by atoms with Crippen molar-refractivity contribution in [1.29, 1.82) is 0 Å². The number of primary amides is 1. The second-order valence-electron chi connectivity index (χ2n) is 4.30. The first-order chi connectivity index (χ1) is 8.75. The van der Waals surface area contributed by atoms with Crippen LogP contribution in [0.4, 0.5) is 0 Å². The molecule has 94 valence electrons. The molecule has 4 nitrogen and oxygen atoms in total. The van der Waals surface area contributed by atoms with E-state index in [0.717, 1.165) is 24.9 Å². The fourth-order valence-electron chi connectivity index (χ4n) is 1.86. The zero-order valence-corrected chi connectivity index (χ0v) is 10.2. The molecule has 0 atom stereocenters. The molecule has 1 amide bonds. The van der Waals surface area contributed by atoms with Gasteiger partial charge < -0.3 is 11.1 Å². The van der Waals surface area contributed by atoms with Gasteiger partial charge in [0.1, 0.15) is 0 Å². The highest BCUT2D eigenvalue weighted by atomic mass is 16.1. The Balaban J connectivity index is 1.86. The van der Waals surface area contributed by atoms with E-state index in [1.165, 1.54) is 10.9 Å². The number of aromatic nitrogens is 1. The Hall–Kier alpha value is -1.94. The summed E-state index contributed by atoms with van der Waals surface area (Å²) in [5.41, 5.74) is 6.30. The number of benzene rings is 1. The average molecular weight is 243 g/mol. The van der Waals surface area contributed by atoms with Gasteiger partial charge in [0.2, 0.25) is 5.91 Å². The SMILES string of the molecule is NC(=O)CCCNCc1ccc2cnccc2c1. The molecule has 18 heavy (non-hydrogen) atoms. The summed E-state index contributed by atoms with van der Waals surface area (Å²) in [5, 5.41) is 5.64. The van der Waals surface area contributed by atoms with E-state index in [4.69, 9.17) is 5.73 Å². The van der Waals surface area contributed by atoms with E-state index < -0.39 is 0 Å². The standard InChI is InChI=1S/C14H17N3O/c15-14(18)2-1-6-16-9-11-3-4-13-10-17-7-5-12(13)8-11/h3-5,7-8,10,16H,1-2,6,9H2,(H2,15,18). The van der Waals surface area contributed by atoms with Crippen molar-refractivity contribution in [2.24, 2.45) is 5.73 Å². The van der Waals surface area contributed by atoms with Gasteiger partial charge in [0.05, 0.1) is 0 Å². The van der Waals surface area contributed by atoms with E-state index >= 15 is 0 Å². The maximum Gasteiger partial charge on any atom is 0.217 e. The van der Waals surface area contributed by atoms with E-state index in [2.05, 4.69) is 28.5 Å². The molecule has 1 aromatic heterocycles. The van der Waals surface area contributed by atoms with Crippen LogP contribution in [0.3, 0.4) is 0 Å². The van der Waals surface area contributed by atoms with Gasteiger partial charge in [0.15, 0.2) is 0 Å². The van der Waals surface area contributed by atoms with Crippen molar-refractivity contribution < 1.29 is 4.79 Å². The summed E-state index contributed by atoms with van der Waals surface area (Å²) in [4.78, 5) is 14.7. The number of nitrogens with two attached hydrogens (primary N) is 1. The van der Waals surface area contributed by atoms with Gasteiger partial charge in [0.25, 0.3) is 0 Å². The van der Waals surface area contributed by atoms with Gasteiger partial charge in [-0.2, -0.15) is 0 Å². The fourth-order valence-corrected chi connectivity index (χ4v) is 1.86. The van der Waals surface area contributed by atoms with E-state index in [9.17, 15) is 4.79 Å². The minimum atomic E-state index is -0.241. The number of hydrogen-bond acceptors (Lipinski definition) is 3. The summed E-state index contributed by atoms with van der Waals surface area (Å²) in [6.07, 6.45) is 4.88. The van der Waals surface area contributed by atoms with Crippen LogP contribution in [0.1, 0.15) is 18.4 Å². The molecule has 1 aromatic carbocycles. The number of amides is 1. The molecule has 0 fully saturated rings. The largest absolute Gasteiger partial charge is 0.370 e. The Labute approximate surface area is 106 Å². The molecule has 0 aliphatic carbocycles. The number of rotatable bonds is 6. The molecule has 0 saturated carbocycles. The second-order valence-corrected chi connectivity index (χ2v) is 4.30. The number of fused-ring (bicyclic) bond motifs is 1. The topological polar surface area (TPSA) is 68.0 Å². The minimum Gasteiger partial charge on any atom is -0.370 e. The molecule has 3 N–H and O–H groups in total. The maximum atomic E-state index is 10.6. The zero-order valence-electron chi connectivity index (χ0n) is 10.2. The second kappa shape index (κ2) is 6.12. The van der Waals surface area contributed by atoms with Crippen LogP contribution in [0.15, 0.2) is 36.7 Å². The van der Waals surface area contributed by atoms with Crippen molar-refractivity contribution in [1.82, 2.24) is 10.3 Å². The molecule has 0 bridgehead atoms. The van der Waals surface area contributed by atoms with Crippen molar-refractivity contribution in [3.63, 3.8) is 0 Å². The summed E-state index contributed by atoms with van der Waals surface area (Å²) in [5.74, 6) is -0.241. The first kappa shape index (κ1) is 12.5. The number of nitrogens with one attached hydrogen (secondary N) is 1. The molecular weight excluding hydrogens is 226 g/mol. The van der Waals surface area contributed by atoms with Crippen molar-refractivity contribution in [3.05, 3.63) is 42.2 Å². The Morgan fingerprint density at radius 2 is 2.17 bits per heavy atom. The molecule has 2 rings (SSSR count). The third-order valence-electron chi connectivity index (χ3n) is 2.81. The maximum absolute atomic E-state index is 10.6. The van der Waals surface area contributed by atoms with Gasteiger partial charge in [-0.15, -0.1) is 0 Å². The van der Waals surface area contributed by atoms with E-state index in [0.29, 0.717) is 6.42 Å². The monoisotopic (exact) mass is 243 g/mol. The lowest BCUT2D eigenvalue weighted by Gasteiger charge is -2.05. The first-order valence-corrected chi connectivity index (χ1v) is 6.07. The molecule has 0 unspecified atom stereocenters. The molecular formula is C14H17N3O. The zero-order chi connectivity index (χ0) is 12.8. The quantitative estimate of drug-likeness (QED) is 0.757. The summed E-state index contributed by atoms with van der Waals surface area (Å²) in [6, 6.07) is 8.32. The predicted octanol–water partition coefficient (Wildman–Crippen LogP) is 1.59. The Morgan fingerprint density at radius 3 is 3.00 bits per heavy atom. The lowest BCUT2D eigenvalue weighted by atomic mass is 10.1. The normalized spacial score (nSPS) is 10.7. The van der Waals surface area contributed by atoms with Gasteiger partial charge in [-0.1, -0.05) is 12.1 Å². The average Bonchev–Trinajstić information content (AvgIpc) is 2.38. The highest BCUT2D eigenvalue weighted by Crippen LogP contribution is 2.14. The van der Waals surface area contributed by atoms with E-state index in [1.807, 2.05) is 12.3 Å². The lowest BCUT2D eigenvalue weighted by molar-refractivity contribution is -0.118. The Bertz CT molecular complexity index is 539. The van der Waals surface area contributed by atoms with Crippen LogP contribution in [-0.2, 0) is 11.3 Å². The summed E-state index contributed by atoms with van der Waals surface area (Å²) in [7, 11) is 0. The van der Waals surface area contributed by atoms with Gasteiger partial charge in [-0.3, -0.25) is 9.78 Å². The molecule has 1 heterocycles. The predicted molar refractivity (Wildman–Crippen MR) is 71.9 cm³/mol. The third-order valence-corrected chi connectivity index (χ3v) is 2.81. The number of carbonyl (C=O) groups is 1. The van der Waals surface area contributed by atoms with Crippen molar-refractivity contribution >= 4 is 16.7 Å². The number of nitrogens with zero attached hydrogens (tertiary/aromatic N) is 1. The summed E-state index contributed by atoms with van der Waals surface area (Å²) < 4.78 is 0. The van der Waals surface area contributed by atoms with Crippen LogP contribution in [0, 0.1) is 0 Å². The van der Waals surface area contributed by atoms with Gasteiger partial charge in [0, 0.05) is 30.7 Å². The molecule has 2 aromatic rings. The molecule has 0 radical (unpaired) electrons. The van der Waals surface area contributed by atoms with Crippen molar-refractivity contribution in [2.75, 3.05) is 6.54 Å². The minimum absolute atomic E-state index is 0.241. The highest BCUT2D eigenvalue weighted by Gasteiger charge is 1.97. The van der Waals surface area contributed by atoms with Crippen LogP contribution < -0.4 is 11.1 Å². The van der Waals surface area contributed by atoms with Crippen LogP contribution in [0.25, 0.3) is 10.8 Å². The first-order valence-electron chi connectivity index (χ1n) is 6.07. The molecule has 0 saturated heterocycles. The Kier molecular flexibility index (Phi) is 4.25. The molecule has 0 aliphatic heterocycles. The van der Waals surface area contributed by atoms with Crippen LogP contribution in [-0.4, -0.2) is 17.4 Å². The van der Waals surface area contributed by atoms with Crippen LogP contribution in [0.5, 0.6) is 0 Å². The fraction of sp³-hybridized carbons (Fsp3) is 0.286. The van der Waals surface area contributed by atoms with Gasteiger partial charge in [-0.05, 0) is 36.0 Å². The number of carbonyl (C=O) groups excluding carboxylic acids is 1. The summed E-state index contributed by atoms with van der Waals surface area (Å²) in [6.45, 7) is 1.61. The van der Waals surface area contributed by atoms with E-state index in [1.54, 1.807) is 6.20 Å². The van der Waals surface area contributed by atoms with Crippen LogP contribution in [0.2, 0.25) is 0 Å². The summed E-state index contributed by atoms with van der Waals surface area (Å²) >= 11 is 0. The van der Waals surface area contributed by atoms with Gasteiger partial charge in [-0.25, -0.2) is 0 Å². The molecule has 0 spiro atoms. The number of pyridine rings is 1. The molecule has 0 aliphatic rings. The lowest BCUT2D eigenvalue weighted by Crippen LogP contribution is -2.18. The van der Waals surface area contributed by atoms with Crippen LogP contribution >= 0.6 is 0 Å². The number of hydrogen-bond donors (Lipinski definition) is 2. The Morgan fingerprint density at radius 1 is 1.28 bits per heavy atom.